The van der Waals surface area contributed by atoms with Crippen LogP contribution < -0.4 is 10.3 Å². The van der Waals surface area contributed by atoms with E-state index in [0.29, 0.717) is 11.0 Å². The Kier molecular flexibility index (Phi) is 4.85. The molecule has 1 amide bonds. The molecule has 1 aromatic heterocycles. The second kappa shape index (κ2) is 7.39. The zero-order chi connectivity index (χ0) is 22.3. The summed E-state index contributed by atoms with van der Waals surface area (Å²) in [6.45, 7) is 6.42. The van der Waals surface area contributed by atoms with E-state index in [0.717, 1.165) is 16.8 Å². The van der Waals surface area contributed by atoms with Gasteiger partial charge in [-0.2, -0.15) is 5.10 Å². The highest BCUT2D eigenvalue weighted by atomic mass is 16.6. The van der Waals surface area contributed by atoms with Gasteiger partial charge < -0.3 is 9.32 Å². The number of furan rings is 1. The number of hydrogen-bond donors (Lipinski definition) is 1. The molecule has 0 spiro atoms. The highest BCUT2D eigenvalue weighted by Gasteiger charge is 2.28. The number of likely N-dealkylation sites (N-methyl/N-ethyl adjacent to an activating group) is 1. The van der Waals surface area contributed by atoms with Gasteiger partial charge in [0.05, 0.1) is 16.7 Å². The van der Waals surface area contributed by atoms with Crippen LogP contribution in [0.5, 0.6) is 0 Å². The third-order valence-corrected chi connectivity index (χ3v) is 5.56. The van der Waals surface area contributed by atoms with E-state index in [1.165, 1.54) is 29.8 Å². The number of anilines is 1. The molecule has 0 unspecified atom stereocenters. The smallest absolute Gasteiger partial charge is 0.307 e. The van der Waals surface area contributed by atoms with Gasteiger partial charge in [0, 0.05) is 35.8 Å². The van der Waals surface area contributed by atoms with Crippen LogP contribution in [0.3, 0.4) is 0 Å². The van der Waals surface area contributed by atoms with Crippen molar-refractivity contribution in [3.05, 3.63) is 75.5 Å². The first-order valence-corrected chi connectivity index (χ1v) is 9.75. The van der Waals surface area contributed by atoms with Crippen LogP contribution in [-0.2, 0) is 0 Å². The van der Waals surface area contributed by atoms with Gasteiger partial charge in [-0.15, -0.1) is 0 Å². The largest absolute Gasteiger partial charge is 0.451 e. The third-order valence-electron chi connectivity index (χ3n) is 5.56. The number of amides is 1. The number of nitro groups is 1. The number of fused-ring (bicyclic) bond motifs is 2. The van der Waals surface area contributed by atoms with Crippen molar-refractivity contribution in [3.8, 4) is 0 Å². The number of nitro benzene ring substituents is 1. The van der Waals surface area contributed by atoms with Crippen LogP contribution in [0.25, 0.3) is 16.5 Å². The fourth-order valence-corrected chi connectivity index (χ4v) is 3.73. The van der Waals surface area contributed by atoms with Gasteiger partial charge in [0.1, 0.15) is 5.58 Å². The Labute approximate surface area is 179 Å². The van der Waals surface area contributed by atoms with E-state index in [1.54, 1.807) is 6.21 Å². The monoisotopic (exact) mass is 418 g/mol. The summed E-state index contributed by atoms with van der Waals surface area (Å²) in [5.41, 5.74) is 7.00. The normalized spacial score (nSPS) is 15.1. The molecule has 0 atom stereocenters. The highest BCUT2D eigenvalue weighted by Crippen LogP contribution is 2.37. The van der Waals surface area contributed by atoms with E-state index in [-0.39, 0.29) is 17.0 Å². The Balaban J connectivity index is 1.50. The van der Waals surface area contributed by atoms with Crippen LogP contribution in [0.1, 0.15) is 42.5 Å². The number of nitrogens with zero attached hydrogens (tertiary/aromatic N) is 3. The topological polar surface area (TPSA) is 101 Å². The number of hydrazone groups is 1. The van der Waals surface area contributed by atoms with Gasteiger partial charge in [0.15, 0.2) is 5.76 Å². The molecular formula is C23H22N4O4. The van der Waals surface area contributed by atoms with E-state index >= 15 is 0 Å². The molecule has 3 aromatic rings. The molecule has 0 radical (unpaired) electrons. The van der Waals surface area contributed by atoms with Crippen molar-refractivity contribution in [3.63, 3.8) is 0 Å². The second-order valence-corrected chi connectivity index (χ2v) is 8.11. The summed E-state index contributed by atoms with van der Waals surface area (Å²) < 4.78 is 5.47. The van der Waals surface area contributed by atoms with Crippen LogP contribution in [0, 0.1) is 10.1 Å². The van der Waals surface area contributed by atoms with Crippen molar-refractivity contribution < 1.29 is 14.1 Å². The summed E-state index contributed by atoms with van der Waals surface area (Å²) >= 11 is 0. The summed E-state index contributed by atoms with van der Waals surface area (Å²) in [7, 11) is 2.07. The third kappa shape index (κ3) is 3.79. The van der Waals surface area contributed by atoms with Crippen LogP contribution in [0.4, 0.5) is 11.4 Å². The molecule has 1 N–H and O–H groups in total. The Bertz CT molecular complexity index is 1270. The maximum atomic E-state index is 12.4. The first-order chi connectivity index (χ1) is 14.7. The molecule has 2 aromatic carbocycles. The van der Waals surface area contributed by atoms with Crippen LogP contribution in [0.15, 0.2) is 58.1 Å². The zero-order valence-electron chi connectivity index (χ0n) is 17.7. The molecule has 8 heteroatoms. The van der Waals surface area contributed by atoms with E-state index < -0.39 is 10.8 Å². The maximum absolute atomic E-state index is 12.4. The van der Waals surface area contributed by atoms with Crippen LogP contribution >= 0.6 is 0 Å². The number of rotatable bonds is 4. The molecule has 4 rings (SSSR count). The molecule has 2 heterocycles. The van der Waals surface area contributed by atoms with Gasteiger partial charge in [-0.3, -0.25) is 14.9 Å². The van der Waals surface area contributed by atoms with E-state index in [2.05, 4.69) is 49.3 Å². The lowest BCUT2D eigenvalue weighted by Gasteiger charge is -2.40. The number of hydrogen-bond acceptors (Lipinski definition) is 6. The van der Waals surface area contributed by atoms with Gasteiger partial charge in [-0.1, -0.05) is 12.1 Å². The molecule has 1 aliphatic rings. The average molecular weight is 418 g/mol. The predicted molar refractivity (Wildman–Crippen MR) is 121 cm³/mol. The fourth-order valence-electron chi connectivity index (χ4n) is 3.73. The van der Waals surface area contributed by atoms with E-state index in [4.69, 9.17) is 4.42 Å². The van der Waals surface area contributed by atoms with Crippen LogP contribution in [-0.4, -0.2) is 29.6 Å². The van der Waals surface area contributed by atoms with Crippen molar-refractivity contribution in [1.82, 2.24) is 5.43 Å². The minimum atomic E-state index is -0.536. The summed E-state index contributed by atoms with van der Waals surface area (Å²) in [6.07, 6.45) is 3.79. The summed E-state index contributed by atoms with van der Waals surface area (Å²) in [4.78, 5) is 25.0. The van der Waals surface area contributed by atoms with Crippen LogP contribution in [0.2, 0.25) is 0 Å². The van der Waals surface area contributed by atoms with Gasteiger partial charge in [0.2, 0.25) is 0 Å². The SMILES string of the molecule is CC1=CC(C)(C)N(C)c2ccc(/C=N\NC(=O)c3cc4cc([N+](=O)[O-])ccc4o3)cc21. The second-order valence-electron chi connectivity index (χ2n) is 8.11. The summed E-state index contributed by atoms with van der Waals surface area (Å²) in [5, 5.41) is 15.4. The summed E-state index contributed by atoms with van der Waals surface area (Å²) in [6, 6.07) is 11.6. The van der Waals surface area contributed by atoms with Crippen molar-refractivity contribution >= 4 is 40.0 Å². The number of allylic oxidation sites excluding steroid dienone is 1. The van der Waals surface area contributed by atoms with Gasteiger partial charge >= 0.3 is 5.91 Å². The van der Waals surface area contributed by atoms with Crippen molar-refractivity contribution in [2.24, 2.45) is 5.10 Å². The van der Waals surface area contributed by atoms with Gasteiger partial charge in [-0.25, -0.2) is 5.43 Å². The Hall–Kier alpha value is -3.94. The lowest BCUT2D eigenvalue weighted by Crippen LogP contribution is -2.42. The van der Waals surface area contributed by atoms with E-state index in [1.807, 2.05) is 18.2 Å². The van der Waals surface area contributed by atoms with Gasteiger partial charge in [0.25, 0.3) is 5.69 Å². The van der Waals surface area contributed by atoms with Gasteiger partial charge in [-0.05, 0) is 56.2 Å². The van der Waals surface area contributed by atoms with Crippen molar-refractivity contribution in [1.29, 1.82) is 0 Å². The Morgan fingerprint density at radius 2 is 2.00 bits per heavy atom. The number of carbonyl (C=O) groups excluding carboxylic acids is 1. The van der Waals surface area contributed by atoms with E-state index in [9.17, 15) is 14.9 Å². The molecule has 0 aliphatic carbocycles. The Morgan fingerprint density at radius 3 is 2.74 bits per heavy atom. The van der Waals surface area contributed by atoms with Crippen molar-refractivity contribution in [2.75, 3.05) is 11.9 Å². The lowest BCUT2D eigenvalue weighted by molar-refractivity contribution is -0.384. The molecule has 31 heavy (non-hydrogen) atoms. The molecule has 0 fully saturated rings. The average Bonchev–Trinajstić information content (AvgIpc) is 3.15. The molecule has 0 saturated carbocycles. The molecule has 1 aliphatic heterocycles. The standard InChI is InChI=1S/C23H22N4O4/c1-14-12-23(2,3)26(4)19-7-5-15(9-18(14)19)13-24-25-22(28)21-11-16-10-17(27(29)30)6-8-20(16)31-21/h5-13H,1-4H3,(H,25,28)/b24-13-. The predicted octanol–water partition coefficient (Wildman–Crippen LogP) is 4.74. The highest BCUT2D eigenvalue weighted by molar-refractivity contribution is 5.97. The number of nitrogens with one attached hydrogen (secondary N) is 1. The molecule has 8 nitrogen and oxygen atoms in total. The lowest BCUT2D eigenvalue weighted by atomic mass is 9.89. The molecular weight excluding hydrogens is 396 g/mol. The minimum absolute atomic E-state index is 0.0284. The zero-order valence-corrected chi connectivity index (χ0v) is 17.7. The Morgan fingerprint density at radius 1 is 1.23 bits per heavy atom. The quantitative estimate of drug-likeness (QED) is 0.375. The number of carbonyl (C=O) groups is 1. The van der Waals surface area contributed by atoms with Crippen molar-refractivity contribution in [2.45, 2.75) is 26.3 Å². The summed E-state index contributed by atoms with van der Waals surface area (Å²) in [5.74, 6) is -0.508. The molecule has 0 bridgehead atoms. The molecule has 158 valence electrons. The number of non-ortho nitro benzene ring substituents is 1. The number of benzene rings is 2. The maximum Gasteiger partial charge on any atom is 0.307 e. The fraction of sp³-hybridized carbons (Fsp3) is 0.217. The first-order valence-electron chi connectivity index (χ1n) is 9.75. The molecule has 0 saturated heterocycles. The first kappa shape index (κ1) is 20.3. The minimum Gasteiger partial charge on any atom is -0.451 e.